The quantitative estimate of drug-likeness (QED) is 0.822. The molecule has 4 nitrogen and oxygen atoms in total. The van der Waals surface area contributed by atoms with Crippen molar-refractivity contribution in [2.75, 3.05) is 0 Å². The lowest BCUT2D eigenvalue weighted by atomic mass is 10.2. The van der Waals surface area contributed by atoms with Crippen molar-refractivity contribution in [3.8, 4) is 0 Å². The van der Waals surface area contributed by atoms with Gasteiger partial charge in [0.25, 0.3) is 0 Å². The second-order valence-corrected chi connectivity index (χ2v) is 4.90. The standard InChI is InChI=1S/C7H8BrNO3S/c8-6-1-2-7(13(9,11)12)5(3-6)4-10/h1-3,10H,4H2,(H2,9,11,12). The van der Waals surface area contributed by atoms with E-state index in [9.17, 15) is 8.42 Å². The normalized spacial score (nSPS) is 11.6. The summed E-state index contributed by atoms with van der Waals surface area (Å²) in [6.45, 7) is -0.356. The highest BCUT2D eigenvalue weighted by Crippen LogP contribution is 2.19. The number of rotatable bonds is 2. The molecule has 0 spiro atoms. The summed E-state index contributed by atoms with van der Waals surface area (Å²) < 4.78 is 22.6. The van der Waals surface area contributed by atoms with Crippen LogP contribution in [0, 0.1) is 0 Å². The van der Waals surface area contributed by atoms with E-state index in [-0.39, 0.29) is 17.1 Å². The molecule has 0 saturated carbocycles. The first-order valence-corrected chi connectivity index (χ1v) is 5.71. The van der Waals surface area contributed by atoms with Crippen molar-refractivity contribution in [2.24, 2.45) is 5.14 Å². The summed E-state index contributed by atoms with van der Waals surface area (Å²) in [5.74, 6) is 0. The number of benzene rings is 1. The number of hydrogen-bond acceptors (Lipinski definition) is 3. The Labute approximate surface area is 84.6 Å². The number of nitrogens with two attached hydrogens (primary N) is 1. The molecule has 6 heteroatoms. The number of halogens is 1. The predicted octanol–water partition coefficient (Wildman–Crippen LogP) is 0.589. The topological polar surface area (TPSA) is 80.4 Å². The molecular weight excluding hydrogens is 258 g/mol. The molecule has 1 rings (SSSR count). The Morgan fingerprint density at radius 1 is 1.46 bits per heavy atom. The van der Waals surface area contributed by atoms with E-state index < -0.39 is 10.0 Å². The van der Waals surface area contributed by atoms with Crippen LogP contribution in [0.2, 0.25) is 0 Å². The van der Waals surface area contributed by atoms with E-state index in [0.29, 0.717) is 4.47 Å². The third-order valence-electron chi connectivity index (χ3n) is 1.50. The van der Waals surface area contributed by atoms with Gasteiger partial charge in [-0.15, -0.1) is 0 Å². The van der Waals surface area contributed by atoms with Crippen molar-refractivity contribution < 1.29 is 13.5 Å². The van der Waals surface area contributed by atoms with Crippen molar-refractivity contribution in [2.45, 2.75) is 11.5 Å². The number of hydrogen-bond donors (Lipinski definition) is 2. The zero-order valence-corrected chi connectivity index (χ0v) is 8.97. The van der Waals surface area contributed by atoms with Gasteiger partial charge >= 0.3 is 0 Å². The molecule has 1 aromatic carbocycles. The summed E-state index contributed by atoms with van der Waals surface area (Å²) in [5.41, 5.74) is 0.289. The average molecular weight is 266 g/mol. The molecule has 1 aromatic rings. The minimum atomic E-state index is -3.74. The molecule has 0 aromatic heterocycles. The highest BCUT2D eigenvalue weighted by atomic mass is 79.9. The molecule has 0 aliphatic heterocycles. The molecular formula is C7H8BrNO3S. The maximum atomic E-state index is 11.0. The number of primary sulfonamides is 1. The summed E-state index contributed by atoms with van der Waals surface area (Å²) in [4.78, 5) is -0.0433. The third-order valence-corrected chi connectivity index (χ3v) is 3.00. The number of sulfonamides is 1. The Balaban J connectivity index is 3.39. The van der Waals surface area contributed by atoms with Crippen LogP contribution in [0.4, 0.5) is 0 Å². The number of aliphatic hydroxyl groups is 1. The first kappa shape index (κ1) is 10.6. The van der Waals surface area contributed by atoms with E-state index >= 15 is 0 Å². The lowest BCUT2D eigenvalue weighted by Crippen LogP contribution is -2.14. The lowest BCUT2D eigenvalue weighted by Gasteiger charge is -2.04. The van der Waals surface area contributed by atoms with Crippen molar-refractivity contribution in [1.82, 2.24) is 0 Å². The molecule has 0 radical (unpaired) electrons. The van der Waals surface area contributed by atoms with Crippen LogP contribution in [0.5, 0.6) is 0 Å². The monoisotopic (exact) mass is 265 g/mol. The van der Waals surface area contributed by atoms with Gasteiger partial charge in [-0.1, -0.05) is 15.9 Å². The van der Waals surface area contributed by atoms with E-state index in [1.54, 1.807) is 6.07 Å². The van der Waals surface area contributed by atoms with Crippen LogP contribution in [-0.2, 0) is 16.6 Å². The van der Waals surface area contributed by atoms with Gasteiger partial charge in [0.15, 0.2) is 0 Å². The molecule has 0 unspecified atom stereocenters. The zero-order chi connectivity index (χ0) is 10.1. The van der Waals surface area contributed by atoms with Gasteiger partial charge in [0.2, 0.25) is 10.0 Å². The van der Waals surface area contributed by atoms with Crippen molar-refractivity contribution in [1.29, 1.82) is 0 Å². The Bertz CT molecular complexity index is 416. The molecule has 13 heavy (non-hydrogen) atoms. The third kappa shape index (κ3) is 2.50. The molecule has 0 atom stereocenters. The first-order chi connectivity index (χ1) is 5.95. The van der Waals surface area contributed by atoms with Gasteiger partial charge < -0.3 is 5.11 Å². The van der Waals surface area contributed by atoms with Gasteiger partial charge in [-0.25, -0.2) is 13.6 Å². The zero-order valence-electron chi connectivity index (χ0n) is 6.57. The van der Waals surface area contributed by atoms with Gasteiger partial charge in [0, 0.05) is 4.47 Å². The predicted molar refractivity (Wildman–Crippen MR) is 51.4 cm³/mol. The second kappa shape index (κ2) is 3.75. The van der Waals surface area contributed by atoms with Gasteiger partial charge in [-0.05, 0) is 23.8 Å². The van der Waals surface area contributed by atoms with Gasteiger partial charge in [0.05, 0.1) is 11.5 Å². The van der Waals surface area contributed by atoms with Gasteiger partial charge in [-0.2, -0.15) is 0 Å². The summed E-state index contributed by atoms with van der Waals surface area (Å²) >= 11 is 3.16. The van der Waals surface area contributed by atoms with Gasteiger partial charge in [-0.3, -0.25) is 0 Å². The maximum absolute atomic E-state index is 11.0. The van der Waals surface area contributed by atoms with Crippen LogP contribution in [0.3, 0.4) is 0 Å². The second-order valence-electron chi connectivity index (χ2n) is 2.46. The van der Waals surface area contributed by atoms with Gasteiger partial charge in [0.1, 0.15) is 0 Å². The largest absolute Gasteiger partial charge is 0.392 e. The smallest absolute Gasteiger partial charge is 0.238 e. The van der Waals surface area contributed by atoms with Crippen LogP contribution in [0.15, 0.2) is 27.6 Å². The molecule has 0 saturated heterocycles. The maximum Gasteiger partial charge on any atom is 0.238 e. The highest BCUT2D eigenvalue weighted by molar-refractivity contribution is 9.10. The summed E-state index contributed by atoms with van der Waals surface area (Å²) in [6.07, 6.45) is 0. The Morgan fingerprint density at radius 2 is 2.08 bits per heavy atom. The molecule has 0 aliphatic rings. The molecule has 0 aliphatic carbocycles. The first-order valence-electron chi connectivity index (χ1n) is 3.37. The van der Waals surface area contributed by atoms with E-state index in [0.717, 1.165) is 0 Å². The molecule has 0 fully saturated rings. The van der Waals surface area contributed by atoms with Crippen LogP contribution >= 0.6 is 15.9 Å². The fraction of sp³-hybridized carbons (Fsp3) is 0.143. The average Bonchev–Trinajstić information content (AvgIpc) is 2.01. The molecule has 3 N–H and O–H groups in total. The van der Waals surface area contributed by atoms with Crippen molar-refractivity contribution in [3.05, 3.63) is 28.2 Å². The van der Waals surface area contributed by atoms with Crippen LogP contribution < -0.4 is 5.14 Å². The SMILES string of the molecule is NS(=O)(=O)c1ccc(Br)cc1CO. The summed E-state index contributed by atoms with van der Waals surface area (Å²) in [7, 11) is -3.74. The number of aliphatic hydroxyl groups excluding tert-OH is 1. The van der Waals surface area contributed by atoms with Crippen LogP contribution in [-0.4, -0.2) is 13.5 Å². The lowest BCUT2D eigenvalue weighted by molar-refractivity contribution is 0.278. The van der Waals surface area contributed by atoms with E-state index in [1.807, 2.05) is 0 Å². The van der Waals surface area contributed by atoms with E-state index in [1.165, 1.54) is 12.1 Å². The van der Waals surface area contributed by atoms with Crippen molar-refractivity contribution in [3.63, 3.8) is 0 Å². The molecule has 0 amide bonds. The fourth-order valence-electron chi connectivity index (χ4n) is 0.949. The Morgan fingerprint density at radius 3 is 2.54 bits per heavy atom. The van der Waals surface area contributed by atoms with Crippen molar-refractivity contribution >= 4 is 26.0 Å². The van der Waals surface area contributed by atoms with E-state index in [2.05, 4.69) is 15.9 Å². The Kier molecular flexibility index (Phi) is 3.07. The molecule has 0 bridgehead atoms. The molecule has 72 valence electrons. The highest BCUT2D eigenvalue weighted by Gasteiger charge is 2.12. The minimum Gasteiger partial charge on any atom is -0.392 e. The summed E-state index contributed by atoms with van der Waals surface area (Å²) in [5, 5.41) is 13.8. The van der Waals surface area contributed by atoms with Crippen LogP contribution in [0.25, 0.3) is 0 Å². The Hall–Kier alpha value is -0.430. The summed E-state index contributed by atoms with van der Waals surface area (Å²) in [6, 6.07) is 4.42. The van der Waals surface area contributed by atoms with Crippen LogP contribution in [0.1, 0.15) is 5.56 Å². The van der Waals surface area contributed by atoms with E-state index in [4.69, 9.17) is 10.2 Å². The molecule has 0 heterocycles. The minimum absolute atomic E-state index is 0.0433. The fourth-order valence-corrected chi connectivity index (χ4v) is 2.10.